The molecule has 0 aliphatic carbocycles. The highest BCUT2D eigenvalue weighted by atomic mass is 32.2. The Morgan fingerprint density at radius 2 is 1.58 bits per heavy atom. The lowest BCUT2D eigenvalue weighted by molar-refractivity contribution is 0.0297. The van der Waals surface area contributed by atoms with Gasteiger partial charge in [-0.15, -0.1) is 0 Å². The monoisotopic (exact) mass is 402 g/mol. The van der Waals surface area contributed by atoms with Crippen molar-refractivity contribution in [1.82, 2.24) is 8.61 Å². The Morgan fingerprint density at radius 1 is 0.962 bits per heavy atom. The fraction of sp³-hybridized carbons (Fsp3) is 0.647. The van der Waals surface area contributed by atoms with E-state index in [0.29, 0.717) is 6.61 Å². The third-order valence-electron chi connectivity index (χ3n) is 4.92. The van der Waals surface area contributed by atoms with Gasteiger partial charge in [0.25, 0.3) is 0 Å². The molecular weight excluding hydrogens is 376 g/mol. The van der Waals surface area contributed by atoms with Crippen LogP contribution in [0.15, 0.2) is 29.2 Å². The summed E-state index contributed by atoms with van der Waals surface area (Å²) in [5, 5.41) is 0. The van der Waals surface area contributed by atoms with Gasteiger partial charge in [0.1, 0.15) is 0 Å². The zero-order valence-corrected chi connectivity index (χ0v) is 16.6. The number of hydrogen-bond acceptors (Lipinski definition) is 5. The summed E-state index contributed by atoms with van der Waals surface area (Å²) in [5.74, 6) is -0.0162. The Bertz CT molecular complexity index is 807. The van der Waals surface area contributed by atoms with E-state index in [2.05, 4.69) is 0 Å². The number of hydrogen-bond donors (Lipinski definition) is 0. The van der Waals surface area contributed by atoms with E-state index in [1.54, 1.807) is 24.3 Å². The molecule has 0 bridgehead atoms. The van der Waals surface area contributed by atoms with Gasteiger partial charge < -0.3 is 4.74 Å². The van der Waals surface area contributed by atoms with Crippen molar-refractivity contribution >= 4 is 20.0 Å². The standard InChI is InChI=1S/C17H26N2O5S2/c1-15-5-7-17(8-6-15)26(22,23)19-11-9-18(10-12-19)25(20,21)14-16-4-2-3-13-24-16/h5-8,16H,2-4,9-14H2,1H3. The molecule has 26 heavy (non-hydrogen) atoms. The molecule has 1 unspecified atom stereocenters. The molecule has 7 nitrogen and oxygen atoms in total. The third-order valence-corrected chi connectivity index (χ3v) is 8.78. The minimum Gasteiger partial charge on any atom is -0.377 e. The Balaban J connectivity index is 1.62. The summed E-state index contributed by atoms with van der Waals surface area (Å²) in [6, 6.07) is 6.71. The molecule has 0 spiro atoms. The summed E-state index contributed by atoms with van der Waals surface area (Å²) in [5.41, 5.74) is 0.991. The Morgan fingerprint density at radius 3 is 2.15 bits per heavy atom. The maximum atomic E-state index is 12.7. The van der Waals surface area contributed by atoms with Crippen molar-refractivity contribution in [2.24, 2.45) is 0 Å². The highest BCUT2D eigenvalue weighted by molar-refractivity contribution is 7.89. The van der Waals surface area contributed by atoms with Gasteiger partial charge in [-0.3, -0.25) is 0 Å². The van der Waals surface area contributed by atoms with Crippen molar-refractivity contribution in [3.8, 4) is 0 Å². The summed E-state index contributed by atoms with van der Waals surface area (Å²) in [6.45, 7) is 3.21. The van der Waals surface area contributed by atoms with E-state index >= 15 is 0 Å². The van der Waals surface area contributed by atoms with Gasteiger partial charge in [-0.05, 0) is 38.3 Å². The van der Waals surface area contributed by atoms with Gasteiger partial charge in [-0.25, -0.2) is 16.8 Å². The fourth-order valence-electron chi connectivity index (χ4n) is 3.33. The highest BCUT2D eigenvalue weighted by Gasteiger charge is 2.34. The smallest absolute Gasteiger partial charge is 0.243 e. The first kappa shape index (κ1) is 19.8. The largest absolute Gasteiger partial charge is 0.377 e. The molecule has 0 aromatic heterocycles. The molecule has 146 valence electrons. The number of ether oxygens (including phenoxy) is 1. The van der Waals surface area contributed by atoms with E-state index in [1.165, 1.54) is 8.61 Å². The Hall–Kier alpha value is -1.00. The molecule has 2 aliphatic heterocycles. The van der Waals surface area contributed by atoms with Gasteiger partial charge in [-0.1, -0.05) is 17.7 Å². The molecule has 1 aromatic rings. The topological polar surface area (TPSA) is 84.0 Å². The van der Waals surface area contributed by atoms with Crippen LogP contribution in [0.5, 0.6) is 0 Å². The average Bonchev–Trinajstić information content (AvgIpc) is 2.63. The first-order valence-corrected chi connectivity index (χ1v) is 12.0. The lowest BCUT2D eigenvalue weighted by atomic mass is 10.1. The predicted octanol–water partition coefficient (Wildman–Crippen LogP) is 1.20. The Kier molecular flexibility index (Phi) is 6.03. The van der Waals surface area contributed by atoms with Crippen molar-refractivity contribution in [3.63, 3.8) is 0 Å². The zero-order chi connectivity index (χ0) is 18.8. The number of nitrogens with zero attached hydrogens (tertiary/aromatic N) is 2. The first-order chi connectivity index (χ1) is 12.3. The van der Waals surface area contributed by atoms with Crippen LogP contribution in [0.25, 0.3) is 0 Å². The number of aryl methyl sites for hydroxylation is 1. The van der Waals surface area contributed by atoms with Crippen LogP contribution in [-0.4, -0.2) is 70.1 Å². The summed E-state index contributed by atoms with van der Waals surface area (Å²) in [7, 11) is -7.02. The summed E-state index contributed by atoms with van der Waals surface area (Å²) < 4.78 is 58.9. The van der Waals surface area contributed by atoms with Crippen LogP contribution >= 0.6 is 0 Å². The molecule has 2 fully saturated rings. The van der Waals surface area contributed by atoms with Crippen molar-refractivity contribution in [3.05, 3.63) is 29.8 Å². The minimum atomic E-state index is -3.59. The number of sulfonamides is 2. The van der Waals surface area contributed by atoms with Crippen LogP contribution < -0.4 is 0 Å². The number of piperazine rings is 1. The second-order valence-corrected chi connectivity index (χ2v) is 10.8. The summed E-state index contributed by atoms with van der Waals surface area (Å²) >= 11 is 0. The summed E-state index contributed by atoms with van der Waals surface area (Å²) in [6.07, 6.45) is 2.48. The molecule has 0 radical (unpaired) electrons. The van der Waals surface area contributed by atoms with Crippen molar-refractivity contribution in [2.45, 2.75) is 37.2 Å². The molecule has 2 saturated heterocycles. The molecule has 2 aliphatic rings. The third kappa shape index (κ3) is 4.45. The molecule has 0 amide bonds. The van der Waals surface area contributed by atoms with Gasteiger partial charge in [0.2, 0.25) is 20.0 Å². The van der Waals surface area contributed by atoms with Crippen LogP contribution in [-0.2, 0) is 24.8 Å². The molecular formula is C17H26N2O5S2. The summed E-state index contributed by atoms with van der Waals surface area (Å²) in [4.78, 5) is 0.245. The van der Waals surface area contributed by atoms with Crippen LogP contribution in [0.2, 0.25) is 0 Å². The van der Waals surface area contributed by atoms with E-state index in [4.69, 9.17) is 4.74 Å². The van der Waals surface area contributed by atoms with Crippen molar-refractivity contribution in [1.29, 1.82) is 0 Å². The lowest BCUT2D eigenvalue weighted by Gasteiger charge is -2.34. The van der Waals surface area contributed by atoms with Crippen LogP contribution in [0, 0.1) is 6.92 Å². The van der Waals surface area contributed by atoms with E-state index in [9.17, 15) is 16.8 Å². The maximum Gasteiger partial charge on any atom is 0.243 e. The zero-order valence-electron chi connectivity index (χ0n) is 15.0. The van der Waals surface area contributed by atoms with Crippen LogP contribution in [0.1, 0.15) is 24.8 Å². The van der Waals surface area contributed by atoms with Crippen molar-refractivity contribution in [2.75, 3.05) is 38.5 Å². The van der Waals surface area contributed by atoms with E-state index in [-0.39, 0.29) is 42.9 Å². The van der Waals surface area contributed by atoms with Gasteiger partial charge in [0, 0.05) is 32.8 Å². The van der Waals surface area contributed by atoms with E-state index in [1.807, 2.05) is 6.92 Å². The molecule has 1 aromatic carbocycles. The van der Waals surface area contributed by atoms with Crippen LogP contribution in [0.3, 0.4) is 0 Å². The highest BCUT2D eigenvalue weighted by Crippen LogP contribution is 2.21. The second kappa shape index (κ2) is 7.93. The first-order valence-electron chi connectivity index (χ1n) is 8.95. The molecule has 1 atom stereocenters. The number of benzene rings is 1. The normalized spacial score (nSPS) is 23.8. The SMILES string of the molecule is Cc1ccc(S(=O)(=O)N2CCN(S(=O)(=O)CC3CCCCO3)CC2)cc1. The molecule has 0 saturated carbocycles. The molecule has 3 rings (SSSR count). The van der Waals surface area contributed by atoms with Crippen molar-refractivity contribution < 1.29 is 21.6 Å². The average molecular weight is 403 g/mol. The fourth-order valence-corrected chi connectivity index (χ4v) is 6.41. The Labute approximate surface area is 156 Å². The lowest BCUT2D eigenvalue weighted by Crippen LogP contribution is -2.51. The minimum absolute atomic E-state index is 0.0162. The molecule has 2 heterocycles. The van der Waals surface area contributed by atoms with Gasteiger partial charge in [0.15, 0.2) is 0 Å². The molecule has 9 heteroatoms. The number of rotatable bonds is 5. The quantitative estimate of drug-likeness (QED) is 0.739. The predicted molar refractivity (Wildman–Crippen MR) is 98.9 cm³/mol. The van der Waals surface area contributed by atoms with Gasteiger partial charge in [-0.2, -0.15) is 8.61 Å². The van der Waals surface area contributed by atoms with E-state index < -0.39 is 20.0 Å². The van der Waals surface area contributed by atoms with Gasteiger partial charge >= 0.3 is 0 Å². The van der Waals surface area contributed by atoms with Gasteiger partial charge in [0.05, 0.1) is 16.8 Å². The van der Waals surface area contributed by atoms with Crippen LogP contribution in [0.4, 0.5) is 0 Å². The van der Waals surface area contributed by atoms with E-state index in [0.717, 1.165) is 24.8 Å². The maximum absolute atomic E-state index is 12.7. The second-order valence-electron chi connectivity index (χ2n) is 6.88. The molecule has 0 N–H and O–H groups in total.